The van der Waals surface area contributed by atoms with Crippen molar-refractivity contribution in [3.63, 3.8) is 0 Å². The summed E-state index contributed by atoms with van der Waals surface area (Å²) >= 11 is 0. The van der Waals surface area contributed by atoms with Crippen LogP contribution in [0.4, 0.5) is 16.4 Å². The number of nitrogens with zero attached hydrogens (tertiary/aromatic N) is 4. The quantitative estimate of drug-likeness (QED) is 0.522. The first kappa shape index (κ1) is 16.8. The molecular formula is C15H12N6O5. The number of hydrogen-bond donors (Lipinski definition) is 4. The molecule has 2 heterocycles. The second kappa shape index (κ2) is 6.47. The number of hydrogen-bond acceptors (Lipinski definition) is 7. The van der Waals surface area contributed by atoms with Gasteiger partial charge in [-0.1, -0.05) is 0 Å². The van der Waals surface area contributed by atoms with Crippen LogP contribution in [0, 0.1) is 0 Å². The molecular weight excluding hydrogens is 344 g/mol. The largest absolute Gasteiger partial charge is 0.478 e. The number of aromatic carboxylic acids is 1. The predicted molar refractivity (Wildman–Crippen MR) is 89.1 cm³/mol. The average molecular weight is 356 g/mol. The second-order valence-corrected chi connectivity index (χ2v) is 5.20. The molecule has 0 atom stereocenters. The molecule has 11 heteroatoms. The molecule has 5 N–H and O–H groups in total. The van der Waals surface area contributed by atoms with Crippen molar-refractivity contribution in [3.05, 3.63) is 52.1 Å². The van der Waals surface area contributed by atoms with Crippen molar-refractivity contribution in [2.45, 2.75) is 6.54 Å². The SMILES string of the molecule is Nc1nc2[nH]cc(CN(C(=O)O)c3ccc(C(=O)O)cc3)nc-2c(=O)n1. The fourth-order valence-corrected chi connectivity index (χ4v) is 2.28. The summed E-state index contributed by atoms with van der Waals surface area (Å²) in [6.45, 7) is -0.183. The van der Waals surface area contributed by atoms with Crippen LogP contribution in [0.2, 0.25) is 0 Å². The molecule has 3 rings (SSSR count). The molecule has 0 aromatic heterocycles. The monoisotopic (exact) mass is 356 g/mol. The number of benzene rings is 1. The Hall–Kier alpha value is -4.02. The lowest BCUT2D eigenvalue weighted by Crippen LogP contribution is -2.29. The number of amides is 1. The van der Waals surface area contributed by atoms with Crippen LogP contribution in [0.3, 0.4) is 0 Å². The lowest BCUT2D eigenvalue weighted by atomic mass is 10.2. The van der Waals surface area contributed by atoms with Crippen LogP contribution >= 0.6 is 0 Å². The summed E-state index contributed by atoms with van der Waals surface area (Å²) in [6.07, 6.45) is 0.126. The van der Waals surface area contributed by atoms with Crippen LogP contribution in [0.1, 0.15) is 16.1 Å². The van der Waals surface area contributed by atoms with E-state index in [-0.39, 0.29) is 41.0 Å². The summed E-state index contributed by atoms with van der Waals surface area (Å²) in [5.74, 6) is -1.18. The first-order valence-corrected chi connectivity index (χ1v) is 7.21. The van der Waals surface area contributed by atoms with Gasteiger partial charge in [-0.25, -0.2) is 14.6 Å². The number of carboxylic acid groups (broad SMARTS) is 2. The molecule has 26 heavy (non-hydrogen) atoms. The van der Waals surface area contributed by atoms with Crippen molar-refractivity contribution >= 4 is 23.7 Å². The summed E-state index contributed by atoms with van der Waals surface area (Å²) in [5, 5.41) is 18.3. The van der Waals surface area contributed by atoms with E-state index in [1.54, 1.807) is 0 Å². The Morgan fingerprint density at radius 3 is 2.42 bits per heavy atom. The number of nitrogens with two attached hydrogens (primary N) is 1. The first-order chi connectivity index (χ1) is 12.3. The maximum Gasteiger partial charge on any atom is 0.412 e. The van der Waals surface area contributed by atoms with Crippen LogP contribution < -0.4 is 16.2 Å². The summed E-state index contributed by atoms with van der Waals surface area (Å²) in [6, 6.07) is 5.32. The Kier molecular flexibility index (Phi) is 4.19. The van der Waals surface area contributed by atoms with Gasteiger partial charge in [0.25, 0.3) is 0 Å². The highest BCUT2D eigenvalue weighted by Crippen LogP contribution is 2.19. The van der Waals surface area contributed by atoms with E-state index >= 15 is 0 Å². The smallest absolute Gasteiger partial charge is 0.412 e. The zero-order valence-corrected chi connectivity index (χ0v) is 13.1. The summed E-state index contributed by atoms with van der Waals surface area (Å²) < 4.78 is 0. The molecule has 0 aliphatic carbocycles. The second-order valence-electron chi connectivity index (χ2n) is 5.20. The highest BCUT2D eigenvalue weighted by atomic mass is 16.4. The molecule has 0 bridgehead atoms. The maximum atomic E-state index is 11.8. The minimum absolute atomic E-state index is 0.0296. The zero-order chi connectivity index (χ0) is 18.8. The molecule has 11 nitrogen and oxygen atoms in total. The minimum Gasteiger partial charge on any atom is -0.478 e. The predicted octanol–water partition coefficient (Wildman–Crippen LogP) is 0.630. The van der Waals surface area contributed by atoms with Gasteiger partial charge in [0.2, 0.25) is 5.95 Å². The Bertz CT molecular complexity index is 1020. The number of nitrogens with one attached hydrogen (secondary N) is 1. The van der Waals surface area contributed by atoms with Crippen LogP contribution in [-0.4, -0.2) is 42.2 Å². The van der Waals surface area contributed by atoms with E-state index in [4.69, 9.17) is 10.8 Å². The number of aromatic amines is 1. The molecule has 132 valence electrons. The van der Waals surface area contributed by atoms with E-state index in [1.807, 2.05) is 0 Å². The van der Waals surface area contributed by atoms with E-state index in [9.17, 15) is 19.5 Å². The molecule has 0 radical (unpaired) electrons. The standard InChI is InChI=1S/C15H12N6O5/c16-14-19-11-10(12(22)20-14)18-8(5-17-11)6-21(15(25)26)9-3-1-7(2-4-9)13(23)24/h1-5H,6H2,(H,23,24)(H,25,26)(H3,16,17,19,20,22). The molecule has 2 aliphatic rings. The molecule has 1 aromatic rings. The van der Waals surface area contributed by atoms with E-state index in [0.717, 1.165) is 4.90 Å². The van der Waals surface area contributed by atoms with Gasteiger partial charge in [0, 0.05) is 11.9 Å². The van der Waals surface area contributed by atoms with Crippen molar-refractivity contribution in [2.24, 2.45) is 0 Å². The van der Waals surface area contributed by atoms with Gasteiger partial charge in [-0.3, -0.25) is 9.69 Å². The molecule has 0 spiro atoms. The summed E-state index contributed by atoms with van der Waals surface area (Å²) in [4.78, 5) is 49.4. The van der Waals surface area contributed by atoms with Crippen molar-refractivity contribution < 1.29 is 19.8 Å². The number of carboxylic acids is 1. The summed E-state index contributed by atoms with van der Waals surface area (Å²) in [7, 11) is 0. The Balaban J connectivity index is 1.95. The van der Waals surface area contributed by atoms with Crippen LogP contribution in [0.15, 0.2) is 35.3 Å². The average Bonchev–Trinajstić information content (AvgIpc) is 2.59. The van der Waals surface area contributed by atoms with Gasteiger partial charge in [0.05, 0.1) is 17.8 Å². The van der Waals surface area contributed by atoms with Gasteiger partial charge < -0.3 is 20.9 Å². The van der Waals surface area contributed by atoms with Gasteiger partial charge in [-0.05, 0) is 24.3 Å². The number of H-pyrrole nitrogens is 1. The van der Waals surface area contributed by atoms with Crippen molar-refractivity contribution in [1.82, 2.24) is 19.9 Å². The highest BCUT2D eigenvalue weighted by molar-refractivity contribution is 5.90. The Labute approximate surface area is 145 Å². The van der Waals surface area contributed by atoms with Crippen LogP contribution in [0.25, 0.3) is 11.5 Å². The van der Waals surface area contributed by atoms with E-state index in [0.29, 0.717) is 0 Å². The zero-order valence-electron chi connectivity index (χ0n) is 13.1. The molecule has 0 unspecified atom stereocenters. The van der Waals surface area contributed by atoms with Gasteiger partial charge in [0.15, 0.2) is 11.5 Å². The number of carbonyl (C=O) groups is 2. The lowest BCUT2D eigenvalue weighted by molar-refractivity contribution is 0.0697. The molecule has 1 amide bonds. The number of fused-ring (bicyclic) bond motifs is 1. The topological polar surface area (TPSA) is 175 Å². The van der Waals surface area contributed by atoms with E-state index < -0.39 is 17.6 Å². The van der Waals surface area contributed by atoms with Crippen molar-refractivity contribution in [1.29, 1.82) is 0 Å². The highest BCUT2D eigenvalue weighted by Gasteiger charge is 2.19. The van der Waals surface area contributed by atoms with Gasteiger partial charge in [-0.15, -0.1) is 0 Å². The fraction of sp³-hybridized carbons (Fsp3) is 0.0667. The third-order valence-corrected chi connectivity index (χ3v) is 3.48. The minimum atomic E-state index is -1.27. The number of nitrogen functional groups attached to an aromatic ring is 1. The molecule has 0 saturated heterocycles. The number of rotatable bonds is 4. The van der Waals surface area contributed by atoms with Crippen LogP contribution in [0.5, 0.6) is 0 Å². The van der Waals surface area contributed by atoms with Crippen molar-refractivity contribution in [3.8, 4) is 11.5 Å². The molecule has 0 fully saturated rings. The third kappa shape index (κ3) is 3.26. The summed E-state index contributed by atoms with van der Waals surface area (Å²) in [5.41, 5.74) is 5.17. The third-order valence-electron chi connectivity index (χ3n) is 3.48. The molecule has 0 saturated carbocycles. The van der Waals surface area contributed by atoms with Gasteiger partial charge >= 0.3 is 17.6 Å². The normalized spacial score (nSPS) is 10.6. The maximum absolute atomic E-state index is 11.8. The van der Waals surface area contributed by atoms with Crippen LogP contribution in [-0.2, 0) is 6.54 Å². The Morgan fingerprint density at radius 2 is 1.81 bits per heavy atom. The van der Waals surface area contributed by atoms with Crippen molar-refractivity contribution in [2.75, 3.05) is 10.6 Å². The number of aromatic nitrogens is 4. The fourth-order valence-electron chi connectivity index (χ4n) is 2.28. The Morgan fingerprint density at radius 1 is 1.12 bits per heavy atom. The van der Waals surface area contributed by atoms with Gasteiger partial charge in [0.1, 0.15) is 0 Å². The molecule has 1 aromatic carbocycles. The lowest BCUT2D eigenvalue weighted by Gasteiger charge is -2.19. The first-order valence-electron chi connectivity index (χ1n) is 7.21. The molecule has 2 aliphatic heterocycles. The van der Waals surface area contributed by atoms with E-state index in [1.165, 1.54) is 30.5 Å². The van der Waals surface area contributed by atoms with E-state index in [2.05, 4.69) is 19.9 Å². The number of anilines is 2. The van der Waals surface area contributed by atoms with Gasteiger partial charge in [-0.2, -0.15) is 9.97 Å².